The molecule has 1 aliphatic carbocycles. The molecular formula is C25H25F3N6O. The second-order valence-corrected chi connectivity index (χ2v) is 8.92. The summed E-state index contributed by atoms with van der Waals surface area (Å²) in [6.45, 7) is 2.30. The molecule has 1 saturated carbocycles. The summed E-state index contributed by atoms with van der Waals surface area (Å²) in [6.07, 6.45) is 1.23. The molecule has 7 nitrogen and oxygen atoms in total. The van der Waals surface area contributed by atoms with Crippen LogP contribution in [0.25, 0.3) is 11.4 Å². The third-order valence-corrected chi connectivity index (χ3v) is 6.23. The Balaban J connectivity index is 1.74. The Morgan fingerprint density at radius 2 is 2.09 bits per heavy atom. The van der Waals surface area contributed by atoms with Gasteiger partial charge in [0.1, 0.15) is 18.1 Å². The van der Waals surface area contributed by atoms with Gasteiger partial charge in [-0.25, -0.2) is 22.8 Å². The number of fused-ring (bicyclic) bond motifs is 5. The van der Waals surface area contributed by atoms with E-state index in [9.17, 15) is 13.2 Å². The Morgan fingerprint density at radius 3 is 2.80 bits per heavy atom. The molecule has 2 aliphatic rings. The van der Waals surface area contributed by atoms with Gasteiger partial charge in [-0.1, -0.05) is 0 Å². The van der Waals surface area contributed by atoms with E-state index in [0.717, 1.165) is 19.4 Å². The van der Waals surface area contributed by atoms with Crippen molar-refractivity contribution in [3.8, 4) is 11.4 Å². The number of nitrogens with two attached hydrogens (primary N) is 1. The van der Waals surface area contributed by atoms with Crippen molar-refractivity contribution in [1.82, 2.24) is 20.1 Å². The first kappa shape index (κ1) is 22.9. The zero-order chi connectivity index (χ0) is 24.7. The largest absolute Gasteiger partial charge is 0.485 e. The van der Waals surface area contributed by atoms with Gasteiger partial charge < -0.3 is 21.2 Å². The van der Waals surface area contributed by atoms with Crippen molar-refractivity contribution in [3.63, 3.8) is 0 Å². The number of nitrogens with zero attached hydrogens (tertiary/aromatic N) is 3. The summed E-state index contributed by atoms with van der Waals surface area (Å²) < 4.78 is 48.8. The van der Waals surface area contributed by atoms with Gasteiger partial charge in [0.05, 0.1) is 5.69 Å². The first-order chi connectivity index (χ1) is 16.8. The Labute approximate surface area is 200 Å². The van der Waals surface area contributed by atoms with Gasteiger partial charge in [0.25, 0.3) is 6.43 Å². The number of halogens is 3. The van der Waals surface area contributed by atoms with E-state index in [-0.39, 0.29) is 24.6 Å². The number of rotatable bonds is 5. The first-order valence-corrected chi connectivity index (χ1v) is 11.4. The molecule has 0 radical (unpaired) electrons. The Bertz CT molecular complexity index is 1330. The van der Waals surface area contributed by atoms with Gasteiger partial charge in [0.15, 0.2) is 11.6 Å². The maximum atomic E-state index is 14.1. The van der Waals surface area contributed by atoms with Crippen LogP contribution in [-0.2, 0) is 13.0 Å². The monoisotopic (exact) mass is 482 g/mol. The summed E-state index contributed by atoms with van der Waals surface area (Å²) in [4.78, 5) is 4.28. The average Bonchev–Trinajstić information content (AvgIpc) is 3.55. The number of nitrogens with one attached hydrogen (secondary N) is 2. The van der Waals surface area contributed by atoms with Crippen LogP contribution in [0.2, 0.25) is 0 Å². The van der Waals surface area contributed by atoms with Crippen molar-refractivity contribution in [2.75, 3.05) is 12.3 Å². The lowest BCUT2D eigenvalue weighted by Gasteiger charge is -2.21. The average molecular weight is 483 g/mol. The van der Waals surface area contributed by atoms with Gasteiger partial charge in [-0.05, 0) is 56.0 Å². The number of anilines is 1. The SMILES string of the molecule is CC(=N)/C1=C(\NCC2CC2)c2cnc(N)c(c2)OCc2cc(F)ccc2-n2nc(C(F)F)cc2C1. The van der Waals surface area contributed by atoms with Crippen molar-refractivity contribution in [2.24, 2.45) is 5.92 Å². The van der Waals surface area contributed by atoms with Crippen LogP contribution in [0.4, 0.5) is 19.0 Å². The lowest BCUT2D eigenvalue weighted by atomic mass is 9.98. The van der Waals surface area contributed by atoms with Crippen molar-refractivity contribution in [3.05, 3.63) is 70.4 Å². The Morgan fingerprint density at radius 1 is 1.29 bits per heavy atom. The molecule has 0 amide bonds. The number of hydrogen-bond donors (Lipinski definition) is 3. The summed E-state index contributed by atoms with van der Waals surface area (Å²) in [5, 5.41) is 16.1. The molecule has 5 rings (SSSR count). The van der Waals surface area contributed by atoms with Gasteiger partial charge >= 0.3 is 0 Å². The lowest BCUT2D eigenvalue weighted by Crippen LogP contribution is -2.21. The van der Waals surface area contributed by atoms with Crippen LogP contribution in [0.15, 0.2) is 42.1 Å². The number of hydrogen-bond acceptors (Lipinski definition) is 6. The summed E-state index contributed by atoms with van der Waals surface area (Å²) >= 11 is 0. The van der Waals surface area contributed by atoms with Gasteiger partial charge in [0, 0.05) is 53.0 Å². The van der Waals surface area contributed by atoms with E-state index in [2.05, 4.69) is 15.4 Å². The minimum atomic E-state index is -2.79. The van der Waals surface area contributed by atoms with E-state index in [0.29, 0.717) is 45.4 Å². The highest BCUT2D eigenvalue weighted by atomic mass is 19.3. The summed E-state index contributed by atoms with van der Waals surface area (Å²) in [5.41, 5.74) is 9.14. The number of ether oxygens (including phenoxy) is 1. The summed E-state index contributed by atoms with van der Waals surface area (Å²) in [5.74, 6) is 0.522. The fourth-order valence-electron chi connectivity index (χ4n) is 4.16. The topological polar surface area (TPSA) is 102 Å². The van der Waals surface area contributed by atoms with Crippen LogP contribution in [-0.4, -0.2) is 27.0 Å². The molecule has 0 atom stereocenters. The van der Waals surface area contributed by atoms with Gasteiger partial charge in [-0.15, -0.1) is 0 Å². The molecule has 3 aromatic rings. The van der Waals surface area contributed by atoms with Crippen LogP contribution >= 0.6 is 0 Å². The van der Waals surface area contributed by atoms with Gasteiger partial charge in [0.2, 0.25) is 0 Å². The lowest BCUT2D eigenvalue weighted by molar-refractivity contribution is 0.145. The predicted octanol–water partition coefficient (Wildman–Crippen LogP) is 4.81. The zero-order valence-electron chi connectivity index (χ0n) is 19.1. The Kier molecular flexibility index (Phi) is 5.96. The quantitative estimate of drug-likeness (QED) is 0.453. The van der Waals surface area contributed by atoms with E-state index < -0.39 is 17.9 Å². The minimum absolute atomic E-state index is 0.0727. The molecule has 1 fully saturated rings. The highest BCUT2D eigenvalue weighted by Crippen LogP contribution is 2.33. The molecule has 0 saturated heterocycles. The second-order valence-electron chi connectivity index (χ2n) is 8.92. The third kappa shape index (κ3) is 4.73. The van der Waals surface area contributed by atoms with E-state index in [4.69, 9.17) is 15.9 Å². The normalized spacial score (nSPS) is 17.6. The number of benzene rings is 1. The third-order valence-electron chi connectivity index (χ3n) is 6.23. The maximum Gasteiger partial charge on any atom is 0.282 e. The molecule has 182 valence electrons. The fourth-order valence-corrected chi connectivity index (χ4v) is 4.16. The standard InChI is InChI=1S/C25H25F3N6O/c1-13(29)19-8-18-9-20(24(27)28)33-34(18)21-5-4-17(26)6-16(21)12-35-22-7-15(11-32-25(22)30)23(19)31-10-14-2-3-14/h4-7,9,11,14,24,29,31H,2-3,8,10,12H2,1H3,(H2,30,32)/b23-19-,29-13?. The highest BCUT2D eigenvalue weighted by Gasteiger charge is 2.25. The van der Waals surface area contributed by atoms with Gasteiger partial charge in [-0.2, -0.15) is 5.10 Å². The number of alkyl halides is 2. The van der Waals surface area contributed by atoms with Crippen molar-refractivity contribution in [1.29, 1.82) is 5.41 Å². The molecular weight excluding hydrogens is 457 g/mol. The smallest absolute Gasteiger partial charge is 0.282 e. The van der Waals surface area contributed by atoms with E-state index >= 15 is 0 Å². The predicted molar refractivity (Wildman–Crippen MR) is 126 cm³/mol. The maximum absolute atomic E-state index is 14.1. The Hall–Kier alpha value is -3.82. The molecule has 1 aliphatic heterocycles. The molecule has 0 unspecified atom stereocenters. The zero-order valence-corrected chi connectivity index (χ0v) is 19.1. The first-order valence-electron chi connectivity index (χ1n) is 11.4. The van der Waals surface area contributed by atoms with Crippen LogP contribution < -0.4 is 15.8 Å². The molecule has 10 heteroatoms. The summed E-state index contributed by atoms with van der Waals surface area (Å²) in [7, 11) is 0. The molecule has 1 aromatic carbocycles. The molecule has 0 spiro atoms. The van der Waals surface area contributed by atoms with Crippen molar-refractivity contribution < 1.29 is 17.9 Å². The molecule has 35 heavy (non-hydrogen) atoms. The number of nitrogen functional groups attached to an aromatic ring is 1. The van der Waals surface area contributed by atoms with Crippen molar-refractivity contribution in [2.45, 2.75) is 39.2 Å². The van der Waals surface area contributed by atoms with E-state index in [1.807, 2.05) is 0 Å². The number of aromatic nitrogens is 3. The van der Waals surface area contributed by atoms with Crippen LogP contribution in [0, 0.1) is 17.1 Å². The van der Waals surface area contributed by atoms with E-state index in [1.165, 1.54) is 28.9 Å². The van der Waals surface area contributed by atoms with Crippen molar-refractivity contribution >= 4 is 17.2 Å². The molecule has 2 bridgehead atoms. The van der Waals surface area contributed by atoms with Crippen LogP contribution in [0.3, 0.4) is 0 Å². The van der Waals surface area contributed by atoms with E-state index in [1.54, 1.807) is 19.2 Å². The van der Waals surface area contributed by atoms with Gasteiger partial charge in [-0.3, -0.25) is 0 Å². The fraction of sp³-hybridized carbons (Fsp3) is 0.320. The minimum Gasteiger partial charge on any atom is -0.485 e. The highest BCUT2D eigenvalue weighted by molar-refractivity contribution is 6.03. The van der Waals surface area contributed by atoms with Crippen LogP contribution in [0.1, 0.15) is 48.7 Å². The second kappa shape index (κ2) is 9.09. The number of allylic oxidation sites excluding steroid dienone is 1. The summed E-state index contributed by atoms with van der Waals surface area (Å²) in [6, 6.07) is 7.08. The molecule has 4 N–H and O–H groups in total. The van der Waals surface area contributed by atoms with Crippen LogP contribution in [0.5, 0.6) is 5.75 Å². The molecule has 3 heterocycles. The number of pyridine rings is 1. The molecule has 2 aromatic heterocycles.